The van der Waals surface area contributed by atoms with Crippen LogP contribution in [0.3, 0.4) is 0 Å². The Bertz CT molecular complexity index is 712. The van der Waals surface area contributed by atoms with Crippen LogP contribution in [0, 0.1) is 18.2 Å². The zero-order chi connectivity index (χ0) is 18.8. The molecule has 0 aromatic heterocycles. The lowest BCUT2D eigenvalue weighted by Gasteiger charge is -2.25. The first kappa shape index (κ1) is 19.9. The normalized spacial score (nSPS) is 12.0. The van der Waals surface area contributed by atoms with Crippen molar-refractivity contribution in [3.05, 3.63) is 65.5 Å². The Hall–Kier alpha value is -2.39. The van der Waals surface area contributed by atoms with Crippen molar-refractivity contribution >= 4 is 0 Å². The minimum Gasteiger partial charge on any atom is -0.497 e. The van der Waals surface area contributed by atoms with Gasteiger partial charge in [-0.3, -0.25) is 4.90 Å². The number of hydrogen-bond donors (Lipinski definition) is 1. The molecular formula is C21H24FNO3. The molecule has 0 amide bonds. The molecule has 0 saturated carbocycles. The van der Waals surface area contributed by atoms with Crippen LogP contribution in [0.25, 0.3) is 0 Å². The van der Waals surface area contributed by atoms with Gasteiger partial charge in [0.2, 0.25) is 0 Å². The second kappa shape index (κ2) is 10.6. The average molecular weight is 357 g/mol. The molecule has 0 aliphatic heterocycles. The number of hydrogen-bond acceptors (Lipinski definition) is 4. The summed E-state index contributed by atoms with van der Waals surface area (Å²) in [6, 6.07) is 14.1. The van der Waals surface area contributed by atoms with E-state index in [1.807, 2.05) is 24.3 Å². The predicted octanol–water partition coefficient (Wildman–Crippen LogP) is 2.85. The average Bonchev–Trinajstić information content (AvgIpc) is 2.64. The monoisotopic (exact) mass is 357 g/mol. The Kier molecular flexibility index (Phi) is 8.10. The number of aliphatic hydroxyl groups is 1. The van der Waals surface area contributed by atoms with Crippen LogP contribution < -0.4 is 4.74 Å². The molecule has 0 bridgehead atoms. The van der Waals surface area contributed by atoms with E-state index in [1.54, 1.807) is 19.2 Å². The topological polar surface area (TPSA) is 41.9 Å². The van der Waals surface area contributed by atoms with Crippen molar-refractivity contribution in [1.29, 1.82) is 0 Å². The number of halogens is 1. The number of rotatable bonds is 10. The lowest BCUT2D eigenvalue weighted by molar-refractivity contribution is 0.0243. The number of nitrogens with zero attached hydrogens (tertiary/aromatic N) is 1. The van der Waals surface area contributed by atoms with E-state index >= 15 is 0 Å². The highest BCUT2D eigenvalue weighted by Crippen LogP contribution is 2.16. The Labute approximate surface area is 154 Å². The third-order valence-electron chi connectivity index (χ3n) is 3.82. The first-order valence-corrected chi connectivity index (χ1v) is 8.39. The van der Waals surface area contributed by atoms with E-state index in [2.05, 4.69) is 10.8 Å². The first-order valence-electron chi connectivity index (χ1n) is 8.39. The van der Waals surface area contributed by atoms with Gasteiger partial charge in [0.05, 0.1) is 19.8 Å². The molecule has 0 spiro atoms. The fraction of sp³-hybridized carbons (Fsp3) is 0.333. The molecule has 2 aromatic carbocycles. The predicted molar refractivity (Wildman–Crippen MR) is 99.2 cm³/mol. The van der Waals surface area contributed by atoms with Crippen LogP contribution in [0.4, 0.5) is 4.39 Å². The molecule has 0 aliphatic rings. The van der Waals surface area contributed by atoms with Gasteiger partial charge in [0.15, 0.2) is 0 Å². The zero-order valence-corrected chi connectivity index (χ0v) is 14.9. The van der Waals surface area contributed by atoms with E-state index in [-0.39, 0.29) is 19.0 Å². The Balaban J connectivity index is 2.06. The third kappa shape index (κ3) is 6.85. The second-order valence-electron chi connectivity index (χ2n) is 6.02. The van der Waals surface area contributed by atoms with E-state index in [0.29, 0.717) is 19.6 Å². The molecule has 26 heavy (non-hydrogen) atoms. The van der Waals surface area contributed by atoms with Gasteiger partial charge in [-0.15, -0.1) is 6.42 Å². The number of terminal acetylenes is 1. The highest BCUT2D eigenvalue weighted by atomic mass is 19.1. The van der Waals surface area contributed by atoms with Crippen molar-refractivity contribution < 1.29 is 19.0 Å². The third-order valence-corrected chi connectivity index (χ3v) is 3.82. The molecule has 1 unspecified atom stereocenters. The molecule has 2 aromatic rings. The van der Waals surface area contributed by atoms with Crippen LogP contribution in [-0.4, -0.2) is 43.0 Å². The van der Waals surface area contributed by atoms with Gasteiger partial charge in [-0.1, -0.05) is 30.2 Å². The highest BCUT2D eigenvalue weighted by Gasteiger charge is 2.14. The number of benzene rings is 2. The van der Waals surface area contributed by atoms with E-state index in [0.717, 1.165) is 16.9 Å². The lowest BCUT2D eigenvalue weighted by Crippen LogP contribution is -2.34. The van der Waals surface area contributed by atoms with Gasteiger partial charge in [0.1, 0.15) is 18.2 Å². The van der Waals surface area contributed by atoms with Crippen molar-refractivity contribution in [2.24, 2.45) is 0 Å². The molecule has 5 heteroatoms. The standard InChI is InChI=1S/C21H24FNO3/c1-3-11-26-16-20(24)15-23(13-17-7-9-19(22)10-8-17)14-18-5-4-6-21(12-18)25-2/h1,4-10,12,20,24H,11,13-16H2,2H3. The van der Waals surface area contributed by atoms with E-state index < -0.39 is 6.10 Å². The fourth-order valence-electron chi connectivity index (χ4n) is 2.67. The molecule has 1 atom stereocenters. The van der Waals surface area contributed by atoms with E-state index in [1.165, 1.54) is 12.1 Å². The summed E-state index contributed by atoms with van der Waals surface area (Å²) in [6.45, 7) is 1.93. The van der Waals surface area contributed by atoms with Gasteiger partial charge in [-0.25, -0.2) is 4.39 Å². The van der Waals surface area contributed by atoms with Gasteiger partial charge < -0.3 is 14.6 Å². The number of ether oxygens (including phenoxy) is 2. The molecule has 138 valence electrons. The molecular weight excluding hydrogens is 333 g/mol. The summed E-state index contributed by atoms with van der Waals surface area (Å²) in [5, 5.41) is 10.2. The number of methoxy groups -OCH3 is 1. The van der Waals surface area contributed by atoms with Crippen LogP contribution in [0.1, 0.15) is 11.1 Å². The van der Waals surface area contributed by atoms with Crippen molar-refractivity contribution in [3.8, 4) is 18.1 Å². The maximum Gasteiger partial charge on any atom is 0.123 e. The van der Waals surface area contributed by atoms with Crippen LogP contribution in [0.2, 0.25) is 0 Å². The van der Waals surface area contributed by atoms with Crippen molar-refractivity contribution in [2.45, 2.75) is 19.2 Å². The zero-order valence-electron chi connectivity index (χ0n) is 14.9. The summed E-state index contributed by atoms with van der Waals surface area (Å²) in [6.07, 6.45) is 4.48. The Morgan fingerprint density at radius 2 is 1.88 bits per heavy atom. The van der Waals surface area contributed by atoms with E-state index in [4.69, 9.17) is 15.9 Å². The SMILES string of the molecule is C#CCOCC(O)CN(Cc1ccc(F)cc1)Cc1cccc(OC)c1. The van der Waals surface area contributed by atoms with Crippen LogP contribution in [0.5, 0.6) is 5.75 Å². The van der Waals surface area contributed by atoms with Crippen LogP contribution >= 0.6 is 0 Å². The van der Waals surface area contributed by atoms with Gasteiger partial charge in [-0.05, 0) is 35.4 Å². The van der Waals surface area contributed by atoms with Crippen LogP contribution in [-0.2, 0) is 17.8 Å². The molecule has 0 saturated heterocycles. The van der Waals surface area contributed by atoms with Gasteiger partial charge in [-0.2, -0.15) is 0 Å². The van der Waals surface area contributed by atoms with Crippen molar-refractivity contribution in [3.63, 3.8) is 0 Å². The minimum atomic E-state index is -0.672. The van der Waals surface area contributed by atoms with Crippen molar-refractivity contribution in [1.82, 2.24) is 4.90 Å². The Morgan fingerprint density at radius 3 is 2.58 bits per heavy atom. The van der Waals surface area contributed by atoms with Gasteiger partial charge >= 0.3 is 0 Å². The van der Waals surface area contributed by atoms with Gasteiger partial charge in [0.25, 0.3) is 0 Å². The summed E-state index contributed by atoms with van der Waals surface area (Å²) in [5.74, 6) is 2.89. The lowest BCUT2D eigenvalue weighted by atomic mass is 10.1. The molecule has 0 fully saturated rings. The second-order valence-corrected chi connectivity index (χ2v) is 6.02. The minimum absolute atomic E-state index is 0.169. The summed E-state index contributed by atoms with van der Waals surface area (Å²) in [5.41, 5.74) is 2.02. The molecule has 0 heterocycles. The highest BCUT2D eigenvalue weighted by molar-refractivity contribution is 5.28. The summed E-state index contributed by atoms with van der Waals surface area (Å²) >= 11 is 0. The largest absolute Gasteiger partial charge is 0.497 e. The van der Waals surface area contributed by atoms with Crippen LogP contribution in [0.15, 0.2) is 48.5 Å². The first-order chi connectivity index (χ1) is 12.6. The number of aliphatic hydroxyl groups excluding tert-OH is 1. The molecule has 0 aliphatic carbocycles. The maximum absolute atomic E-state index is 13.1. The molecule has 1 N–H and O–H groups in total. The van der Waals surface area contributed by atoms with Crippen molar-refractivity contribution in [2.75, 3.05) is 26.9 Å². The summed E-state index contributed by atoms with van der Waals surface area (Å²) in [7, 11) is 1.63. The van der Waals surface area contributed by atoms with E-state index in [9.17, 15) is 9.50 Å². The molecule has 2 rings (SSSR count). The summed E-state index contributed by atoms with van der Waals surface area (Å²) in [4.78, 5) is 2.08. The van der Waals surface area contributed by atoms with Gasteiger partial charge in [0, 0.05) is 19.6 Å². The summed E-state index contributed by atoms with van der Waals surface area (Å²) < 4.78 is 23.6. The smallest absolute Gasteiger partial charge is 0.123 e. The molecule has 0 radical (unpaired) electrons. The quantitative estimate of drug-likeness (QED) is 0.524. The fourth-order valence-corrected chi connectivity index (χ4v) is 2.67. The molecule has 4 nitrogen and oxygen atoms in total. The maximum atomic E-state index is 13.1. The Morgan fingerprint density at radius 1 is 1.15 bits per heavy atom.